The number of hydrogen-bond acceptors (Lipinski definition) is 4. The van der Waals surface area contributed by atoms with Crippen LogP contribution >= 0.6 is 23.2 Å². The van der Waals surface area contributed by atoms with E-state index in [1.807, 2.05) is 6.07 Å². The molecule has 3 rings (SSSR count). The van der Waals surface area contributed by atoms with Gasteiger partial charge in [-0.15, -0.1) is 0 Å². The summed E-state index contributed by atoms with van der Waals surface area (Å²) >= 11 is 11.8. The van der Waals surface area contributed by atoms with Crippen molar-refractivity contribution in [1.29, 1.82) is 5.26 Å². The lowest BCUT2D eigenvalue weighted by Crippen LogP contribution is -2.13. The summed E-state index contributed by atoms with van der Waals surface area (Å²) in [5.74, 6) is -1.02. The average molecular weight is 467 g/mol. The molecule has 0 heterocycles. The molecule has 3 aromatic carbocycles. The molecule has 0 aromatic heterocycles. The second-order valence-electron chi connectivity index (χ2n) is 6.62. The minimum Gasteiger partial charge on any atom is -0.489 e. The fraction of sp³-hybridized carbons (Fsp3) is 0.0417. The van der Waals surface area contributed by atoms with E-state index in [0.717, 1.165) is 5.56 Å². The number of rotatable bonds is 7. The first-order valence-electron chi connectivity index (χ1n) is 9.29. The fourth-order valence-corrected chi connectivity index (χ4v) is 3.01. The summed E-state index contributed by atoms with van der Waals surface area (Å²) < 4.78 is 5.68. The van der Waals surface area contributed by atoms with Gasteiger partial charge in [0.05, 0.1) is 15.6 Å². The van der Waals surface area contributed by atoms with Gasteiger partial charge in [-0.3, -0.25) is 4.79 Å². The number of carbonyl (C=O) groups is 2. The molecule has 0 bridgehead atoms. The lowest BCUT2D eigenvalue weighted by Gasteiger charge is -2.08. The number of nitrogens with zero attached hydrogens (tertiary/aromatic N) is 1. The molecule has 2 N–H and O–H groups in total. The molecule has 1 amide bonds. The molecule has 0 fully saturated rings. The molecule has 0 unspecified atom stereocenters. The Labute approximate surface area is 194 Å². The van der Waals surface area contributed by atoms with Crippen LogP contribution in [0.3, 0.4) is 0 Å². The van der Waals surface area contributed by atoms with E-state index < -0.39 is 11.9 Å². The van der Waals surface area contributed by atoms with E-state index in [0.29, 0.717) is 22.0 Å². The highest BCUT2D eigenvalue weighted by atomic mass is 35.5. The summed E-state index contributed by atoms with van der Waals surface area (Å²) in [5, 5.41) is 21.7. The Bertz CT molecular complexity index is 1230. The van der Waals surface area contributed by atoms with Crippen molar-refractivity contribution in [1.82, 2.24) is 0 Å². The van der Waals surface area contributed by atoms with Gasteiger partial charge in [0.25, 0.3) is 5.91 Å². The Morgan fingerprint density at radius 1 is 1.03 bits per heavy atom. The first-order valence-corrected chi connectivity index (χ1v) is 10.0. The Balaban J connectivity index is 1.65. The zero-order chi connectivity index (χ0) is 23.1. The maximum atomic E-state index is 12.4. The zero-order valence-electron chi connectivity index (χ0n) is 16.5. The van der Waals surface area contributed by atoms with Crippen LogP contribution in [0.2, 0.25) is 10.0 Å². The van der Waals surface area contributed by atoms with E-state index in [2.05, 4.69) is 5.32 Å². The molecule has 3 aromatic rings. The molecule has 32 heavy (non-hydrogen) atoms. The summed E-state index contributed by atoms with van der Waals surface area (Å²) in [6.45, 7) is 0.200. The van der Waals surface area contributed by atoms with Gasteiger partial charge < -0.3 is 15.2 Å². The van der Waals surface area contributed by atoms with E-state index in [-0.39, 0.29) is 22.8 Å². The maximum Gasteiger partial charge on any atom is 0.335 e. The first kappa shape index (κ1) is 22.9. The minimum absolute atomic E-state index is 0.0878. The quantitative estimate of drug-likeness (QED) is 0.337. The number of nitrogens with one attached hydrogen (secondary N) is 1. The summed E-state index contributed by atoms with van der Waals surface area (Å²) in [6.07, 6.45) is 1.45. The predicted octanol–water partition coefficient (Wildman–Crippen LogP) is 5.82. The van der Waals surface area contributed by atoms with Crippen LogP contribution in [0.25, 0.3) is 6.08 Å². The van der Waals surface area contributed by atoms with Crippen LogP contribution in [0, 0.1) is 11.3 Å². The largest absolute Gasteiger partial charge is 0.489 e. The van der Waals surface area contributed by atoms with Gasteiger partial charge in [-0.1, -0.05) is 47.5 Å². The third-order valence-electron chi connectivity index (χ3n) is 4.31. The van der Waals surface area contributed by atoms with Crippen molar-refractivity contribution in [3.63, 3.8) is 0 Å². The predicted molar refractivity (Wildman–Crippen MR) is 123 cm³/mol. The van der Waals surface area contributed by atoms with Gasteiger partial charge in [0.15, 0.2) is 0 Å². The number of nitriles is 1. The van der Waals surface area contributed by atoms with Gasteiger partial charge in [0.2, 0.25) is 0 Å². The summed E-state index contributed by atoms with van der Waals surface area (Å²) in [6, 6.07) is 19.8. The lowest BCUT2D eigenvalue weighted by atomic mass is 10.1. The molecular weight excluding hydrogens is 451 g/mol. The molecule has 0 spiro atoms. The molecule has 8 heteroatoms. The van der Waals surface area contributed by atoms with Crippen LogP contribution < -0.4 is 10.1 Å². The highest BCUT2D eigenvalue weighted by Gasteiger charge is 2.11. The van der Waals surface area contributed by atoms with Crippen LogP contribution in [0.5, 0.6) is 5.75 Å². The zero-order valence-corrected chi connectivity index (χ0v) is 18.0. The monoisotopic (exact) mass is 466 g/mol. The Morgan fingerprint density at radius 2 is 1.78 bits per heavy atom. The lowest BCUT2D eigenvalue weighted by molar-refractivity contribution is -0.112. The highest BCUT2D eigenvalue weighted by molar-refractivity contribution is 6.42. The molecular formula is C24H16Cl2N2O4. The molecule has 0 aliphatic carbocycles. The van der Waals surface area contributed by atoms with Gasteiger partial charge in [0, 0.05) is 5.69 Å². The topological polar surface area (TPSA) is 99.4 Å². The molecule has 0 aliphatic rings. The Kier molecular flexibility index (Phi) is 7.50. The normalized spacial score (nSPS) is 10.8. The number of aromatic carboxylic acids is 1. The summed E-state index contributed by atoms with van der Waals surface area (Å²) in [4.78, 5) is 23.4. The van der Waals surface area contributed by atoms with Crippen LogP contribution in [-0.2, 0) is 11.4 Å². The smallest absolute Gasteiger partial charge is 0.335 e. The van der Waals surface area contributed by atoms with Crippen molar-refractivity contribution < 1.29 is 19.4 Å². The van der Waals surface area contributed by atoms with E-state index >= 15 is 0 Å². The molecule has 0 saturated carbocycles. The van der Waals surface area contributed by atoms with Crippen LogP contribution in [0.15, 0.2) is 72.3 Å². The number of carboxylic acids is 1. The van der Waals surface area contributed by atoms with E-state index in [1.54, 1.807) is 54.6 Å². The van der Waals surface area contributed by atoms with Gasteiger partial charge in [-0.05, 0) is 59.7 Å². The molecule has 0 saturated heterocycles. The molecule has 160 valence electrons. The van der Waals surface area contributed by atoms with Gasteiger partial charge in [-0.2, -0.15) is 5.26 Å². The van der Waals surface area contributed by atoms with Crippen molar-refractivity contribution in [3.05, 3.63) is 99.0 Å². The average Bonchev–Trinajstić information content (AvgIpc) is 2.79. The molecule has 0 atom stereocenters. The van der Waals surface area contributed by atoms with E-state index in [9.17, 15) is 14.9 Å². The second kappa shape index (κ2) is 10.5. The van der Waals surface area contributed by atoms with Crippen LogP contribution in [0.1, 0.15) is 21.5 Å². The second-order valence-corrected chi connectivity index (χ2v) is 7.43. The number of hydrogen-bond donors (Lipinski definition) is 2. The Morgan fingerprint density at radius 3 is 2.44 bits per heavy atom. The third kappa shape index (κ3) is 6.11. The number of anilines is 1. The standard InChI is InChI=1S/C24H16Cl2N2O4/c25-21-9-6-19(12-22(21)26)28-23(29)18(13-27)10-15-4-7-20(8-5-15)32-14-16-2-1-3-17(11-16)24(30)31/h1-12H,14H2,(H,28,29)(H,30,31)/b18-10-. The van der Waals surface area contributed by atoms with Crippen molar-refractivity contribution in [2.24, 2.45) is 0 Å². The number of ether oxygens (including phenoxy) is 1. The minimum atomic E-state index is -1.00. The van der Waals surface area contributed by atoms with Gasteiger partial charge in [-0.25, -0.2) is 4.79 Å². The number of benzene rings is 3. The SMILES string of the molecule is N#C/C(=C/c1ccc(OCc2cccc(C(=O)O)c2)cc1)C(=O)Nc1ccc(Cl)c(Cl)c1. The number of halogens is 2. The Hall–Kier alpha value is -3.79. The van der Waals surface area contributed by atoms with E-state index in [4.69, 9.17) is 33.0 Å². The molecule has 6 nitrogen and oxygen atoms in total. The highest BCUT2D eigenvalue weighted by Crippen LogP contribution is 2.25. The maximum absolute atomic E-state index is 12.4. The van der Waals surface area contributed by atoms with Gasteiger partial charge in [0.1, 0.15) is 24.0 Å². The number of carboxylic acid groups (broad SMARTS) is 1. The van der Waals surface area contributed by atoms with Crippen molar-refractivity contribution in [3.8, 4) is 11.8 Å². The van der Waals surface area contributed by atoms with Crippen LogP contribution in [-0.4, -0.2) is 17.0 Å². The van der Waals surface area contributed by atoms with Gasteiger partial charge >= 0.3 is 5.97 Å². The fourth-order valence-electron chi connectivity index (χ4n) is 2.71. The number of amides is 1. The van der Waals surface area contributed by atoms with E-state index in [1.165, 1.54) is 18.2 Å². The number of carbonyl (C=O) groups excluding carboxylic acids is 1. The van der Waals surface area contributed by atoms with Crippen molar-refractivity contribution in [2.75, 3.05) is 5.32 Å². The molecule has 0 aliphatic heterocycles. The van der Waals surface area contributed by atoms with Crippen molar-refractivity contribution in [2.45, 2.75) is 6.61 Å². The summed E-state index contributed by atoms with van der Waals surface area (Å²) in [7, 11) is 0. The summed E-state index contributed by atoms with van der Waals surface area (Å²) in [5.41, 5.74) is 1.87. The van der Waals surface area contributed by atoms with Crippen LogP contribution in [0.4, 0.5) is 5.69 Å². The van der Waals surface area contributed by atoms with Crippen molar-refractivity contribution >= 4 is 46.8 Å². The third-order valence-corrected chi connectivity index (χ3v) is 5.05. The first-order chi connectivity index (χ1) is 15.4. The molecule has 0 radical (unpaired) electrons.